The van der Waals surface area contributed by atoms with Crippen molar-refractivity contribution in [3.63, 3.8) is 0 Å². The number of benzene rings is 2. The summed E-state index contributed by atoms with van der Waals surface area (Å²) in [6, 6.07) is 18.1. The van der Waals surface area contributed by atoms with Crippen LogP contribution in [0, 0.1) is 0 Å². The van der Waals surface area contributed by atoms with Crippen LogP contribution in [0.15, 0.2) is 54.6 Å². The Morgan fingerprint density at radius 1 is 1.00 bits per heavy atom. The SMILES string of the molecule is CN(CC(=O)NNC(=O)CN1CCCc2ccccc21)Cc1ccccc1. The zero-order valence-electron chi connectivity index (χ0n) is 15.6. The van der Waals surface area contributed by atoms with Crippen LogP contribution in [-0.2, 0) is 22.6 Å². The molecule has 0 saturated heterocycles. The highest BCUT2D eigenvalue weighted by Crippen LogP contribution is 2.26. The summed E-state index contributed by atoms with van der Waals surface area (Å²) in [7, 11) is 1.87. The number of nitrogens with zero attached hydrogens (tertiary/aromatic N) is 2. The van der Waals surface area contributed by atoms with Crippen molar-refractivity contribution >= 4 is 17.5 Å². The van der Waals surface area contributed by atoms with Gasteiger partial charge in [0, 0.05) is 18.8 Å². The van der Waals surface area contributed by atoms with Gasteiger partial charge in [-0.25, -0.2) is 0 Å². The number of anilines is 1. The molecule has 27 heavy (non-hydrogen) atoms. The second-order valence-electron chi connectivity index (χ2n) is 6.91. The molecular formula is C21H26N4O2. The number of fused-ring (bicyclic) bond motifs is 1. The van der Waals surface area contributed by atoms with E-state index in [4.69, 9.17) is 0 Å². The molecule has 3 rings (SSSR count). The number of hydrogen-bond donors (Lipinski definition) is 2. The number of carbonyl (C=O) groups excluding carboxylic acids is 2. The highest BCUT2D eigenvalue weighted by Gasteiger charge is 2.18. The number of carbonyl (C=O) groups is 2. The first-order valence-corrected chi connectivity index (χ1v) is 9.25. The van der Waals surface area contributed by atoms with Crippen molar-refractivity contribution in [2.24, 2.45) is 0 Å². The van der Waals surface area contributed by atoms with Crippen LogP contribution in [0.25, 0.3) is 0 Å². The Balaban J connectivity index is 1.42. The fourth-order valence-electron chi connectivity index (χ4n) is 3.36. The Labute approximate surface area is 160 Å². The monoisotopic (exact) mass is 366 g/mol. The predicted molar refractivity (Wildman–Crippen MR) is 106 cm³/mol. The molecule has 0 aromatic heterocycles. The summed E-state index contributed by atoms with van der Waals surface area (Å²) >= 11 is 0. The van der Waals surface area contributed by atoms with Crippen LogP contribution in [0.3, 0.4) is 0 Å². The number of rotatable bonds is 6. The smallest absolute Gasteiger partial charge is 0.257 e. The van der Waals surface area contributed by atoms with Crippen molar-refractivity contribution in [2.45, 2.75) is 19.4 Å². The van der Waals surface area contributed by atoms with E-state index in [9.17, 15) is 9.59 Å². The Kier molecular flexibility index (Phi) is 6.44. The number of hydrogen-bond acceptors (Lipinski definition) is 4. The lowest BCUT2D eigenvalue weighted by atomic mass is 10.0. The molecule has 0 saturated carbocycles. The summed E-state index contributed by atoms with van der Waals surface area (Å²) in [5.41, 5.74) is 8.54. The molecule has 2 aromatic rings. The van der Waals surface area contributed by atoms with Crippen LogP contribution in [0.4, 0.5) is 5.69 Å². The molecule has 0 atom stereocenters. The van der Waals surface area contributed by atoms with E-state index in [1.165, 1.54) is 5.56 Å². The summed E-state index contributed by atoms with van der Waals surface area (Å²) in [5.74, 6) is -0.452. The van der Waals surface area contributed by atoms with Gasteiger partial charge in [-0.05, 0) is 37.1 Å². The Hall–Kier alpha value is -2.86. The number of nitrogens with one attached hydrogen (secondary N) is 2. The van der Waals surface area contributed by atoms with Crippen molar-refractivity contribution in [2.75, 3.05) is 31.6 Å². The Morgan fingerprint density at radius 3 is 2.52 bits per heavy atom. The average Bonchev–Trinajstić information content (AvgIpc) is 2.67. The molecule has 0 bridgehead atoms. The van der Waals surface area contributed by atoms with Gasteiger partial charge in [0.1, 0.15) is 0 Å². The number of aryl methyl sites for hydroxylation is 1. The van der Waals surface area contributed by atoms with Gasteiger partial charge < -0.3 is 4.90 Å². The van der Waals surface area contributed by atoms with Gasteiger partial charge in [0.2, 0.25) is 0 Å². The molecular weight excluding hydrogens is 340 g/mol. The quantitative estimate of drug-likeness (QED) is 0.764. The third-order valence-electron chi connectivity index (χ3n) is 4.59. The number of hydrazine groups is 1. The minimum Gasteiger partial charge on any atom is -0.362 e. The summed E-state index contributed by atoms with van der Waals surface area (Å²) < 4.78 is 0. The average molecular weight is 366 g/mol. The van der Waals surface area contributed by atoms with Gasteiger partial charge >= 0.3 is 0 Å². The lowest BCUT2D eigenvalue weighted by molar-refractivity contribution is -0.128. The molecule has 0 fully saturated rings. The fraction of sp³-hybridized carbons (Fsp3) is 0.333. The Bertz CT molecular complexity index is 779. The van der Waals surface area contributed by atoms with Crippen molar-refractivity contribution in [3.05, 3.63) is 65.7 Å². The van der Waals surface area contributed by atoms with E-state index in [1.807, 2.05) is 60.5 Å². The maximum atomic E-state index is 12.2. The second-order valence-corrected chi connectivity index (χ2v) is 6.91. The van der Waals surface area contributed by atoms with Crippen LogP contribution in [-0.4, -0.2) is 43.4 Å². The molecule has 2 amide bonds. The van der Waals surface area contributed by atoms with E-state index in [-0.39, 0.29) is 24.9 Å². The molecule has 1 aliphatic heterocycles. The van der Waals surface area contributed by atoms with Gasteiger partial charge in [-0.15, -0.1) is 0 Å². The van der Waals surface area contributed by atoms with Crippen molar-refractivity contribution < 1.29 is 9.59 Å². The molecule has 1 heterocycles. The minimum atomic E-state index is -0.235. The summed E-state index contributed by atoms with van der Waals surface area (Å²) in [5, 5.41) is 0. The fourth-order valence-corrected chi connectivity index (χ4v) is 3.36. The molecule has 1 aliphatic rings. The van der Waals surface area contributed by atoms with Gasteiger partial charge in [0.15, 0.2) is 0 Å². The molecule has 142 valence electrons. The summed E-state index contributed by atoms with van der Waals surface area (Å²) in [6.45, 7) is 1.96. The van der Waals surface area contributed by atoms with E-state index in [1.54, 1.807) is 0 Å². The standard InChI is InChI=1S/C21H26N4O2/c1-24(14-17-8-3-2-4-9-17)15-20(26)22-23-21(27)16-25-13-7-11-18-10-5-6-12-19(18)25/h2-6,8-10,12H,7,11,13-16H2,1H3,(H,22,26)(H,23,27). The molecule has 0 unspecified atom stereocenters. The first-order chi connectivity index (χ1) is 13.1. The van der Waals surface area contributed by atoms with Gasteiger partial charge in [-0.1, -0.05) is 48.5 Å². The minimum absolute atomic E-state index is 0.210. The maximum absolute atomic E-state index is 12.2. The zero-order chi connectivity index (χ0) is 19.1. The molecule has 2 aromatic carbocycles. The Morgan fingerprint density at radius 2 is 1.70 bits per heavy atom. The number of para-hydroxylation sites is 1. The third kappa shape index (κ3) is 5.56. The van der Waals surface area contributed by atoms with Crippen molar-refractivity contribution in [1.29, 1.82) is 0 Å². The topological polar surface area (TPSA) is 64.7 Å². The molecule has 0 radical (unpaired) electrons. The van der Waals surface area contributed by atoms with Crippen LogP contribution in [0.5, 0.6) is 0 Å². The van der Waals surface area contributed by atoms with Gasteiger partial charge in [-0.3, -0.25) is 25.3 Å². The van der Waals surface area contributed by atoms with Gasteiger partial charge in [0.05, 0.1) is 13.1 Å². The van der Waals surface area contributed by atoms with E-state index in [0.717, 1.165) is 30.6 Å². The molecule has 6 heteroatoms. The lowest BCUT2D eigenvalue weighted by Crippen LogP contribution is -2.49. The largest absolute Gasteiger partial charge is 0.362 e. The van der Waals surface area contributed by atoms with E-state index >= 15 is 0 Å². The zero-order valence-corrected chi connectivity index (χ0v) is 15.6. The third-order valence-corrected chi connectivity index (χ3v) is 4.59. The maximum Gasteiger partial charge on any atom is 0.257 e. The van der Waals surface area contributed by atoms with Gasteiger partial charge in [-0.2, -0.15) is 0 Å². The normalized spacial score (nSPS) is 13.2. The summed E-state index contributed by atoms with van der Waals surface area (Å²) in [6.07, 6.45) is 2.07. The predicted octanol–water partition coefficient (Wildman–Crippen LogP) is 1.72. The second kappa shape index (κ2) is 9.19. The molecule has 0 spiro atoms. The van der Waals surface area contributed by atoms with E-state index in [2.05, 4.69) is 21.8 Å². The number of likely N-dealkylation sites (N-methyl/N-ethyl adjacent to an activating group) is 1. The van der Waals surface area contributed by atoms with Crippen LogP contribution >= 0.6 is 0 Å². The summed E-state index contributed by atoms with van der Waals surface area (Å²) in [4.78, 5) is 28.2. The lowest BCUT2D eigenvalue weighted by Gasteiger charge is -2.30. The molecule has 2 N–H and O–H groups in total. The van der Waals surface area contributed by atoms with Crippen LogP contribution < -0.4 is 15.8 Å². The van der Waals surface area contributed by atoms with Crippen LogP contribution in [0.1, 0.15) is 17.5 Å². The first-order valence-electron chi connectivity index (χ1n) is 9.25. The molecule has 0 aliphatic carbocycles. The van der Waals surface area contributed by atoms with Gasteiger partial charge in [0.25, 0.3) is 11.8 Å². The number of amides is 2. The van der Waals surface area contributed by atoms with E-state index in [0.29, 0.717) is 6.54 Å². The van der Waals surface area contributed by atoms with Crippen molar-refractivity contribution in [3.8, 4) is 0 Å². The first kappa shape index (κ1) is 18.9. The highest BCUT2D eigenvalue weighted by atomic mass is 16.2. The van der Waals surface area contributed by atoms with Crippen molar-refractivity contribution in [1.82, 2.24) is 15.8 Å². The highest BCUT2D eigenvalue weighted by molar-refractivity contribution is 5.85. The molecule has 6 nitrogen and oxygen atoms in total. The van der Waals surface area contributed by atoms with Crippen LogP contribution in [0.2, 0.25) is 0 Å². The van der Waals surface area contributed by atoms with E-state index < -0.39 is 0 Å².